The van der Waals surface area contributed by atoms with E-state index in [0.717, 1.165) is 12.0 Å². The number of nitrogens with two attached hydrogens (primary N) is 1. The Bertz CT molecular complexity index is 236. The van der Waals surface area contributed by atoms with Crippen LogP contribution in [-0.2, 0) is 0 Å². The number of hydrogen-bond acceptors (Lipinski definition) is 2. The van der Waals surface area contributed by atoms with Crippen LogP contribution in [0.1, 0.15) is 59.3 Å². The molecule has 2 heteroatoms. The highest BCUT2D eigenvalue weighted by atomic mass is 15.2. The van der Waals surface area contributed by atoms with Gasteiger partial charge in [0.2, 0.25) is 0 Å². The summed E-state index contributed by atoms with van der Waals surface area (Å²) in [5, 5.41) is 0. The van der Waals surface area contributed by atoms with Crippen molar-refractivity contribution in [3.05, 3.63) is 0 Å². The molecule has 17 heavy (non-hydrogen) atoms. The molecule has 0 bridgehead atoms. The monoisotopic (exact) mass is 238 g/mol. The summed E-state index contributed by atoms with van der Waals surface area (Å²) in [6.45, 7) is 9.79. The van der Waals surface area contributed by atoms with Crippen LogP contribution in [0.15, 0.2) is 0 Å². The van der Waals surface area contributed by atoms with Crippen molar-refractivity contribution in [2.45, 2.75) is 71.4 Å². The van der Waals surface area contributed by atoms with Gasteiger partial charge in [-0.2, -0.15) is 0 Å². The van der Waals surface area contributed by atoms with Crippen LogP contribution in [0.5, 0.6) is 0 Å². The van der Waals surface area contributed by atoms with Gasteiger partial charge in [-0.15, -0.1) is 0 Å². The fraction of sp³-hybridized carbons (Fsp3) is 1.00. The summed E-state index contributed by atoms with van der Waals surface area (Å²) in [5.74, 6) is 0.913. The van der Waals surface area contributed by atoms with E-state index < -0.39 is 0 Å². The Kier molecular flexibility index (Phi) is 4.14. The average molecular weight is 238 g/mol. The first-order valence-corrected chi connectivity index (χ1v) is 7.46. The van der Waals surface area contributed by atoms with Gasteiger partial charge in [-0.1, -0.05) is 27.2 Å². The summed E-state index contributed by atoms with van der Waals surface area (Å²) in [6.07, 6.45) is 7.97. The molecule has 100 valence electrons. The summed E-state index contributed by atoms with van der Waals surface area (Å²) >= 11 is 0. The molecule has 1 saturated carbocycles. The van der Waals surface area contributed by atoms with Gasteiger partial charge in [-0.3, -0.25) is 0 Å². The van der Waals surface area contributed by atoms with Gasteiger partial charge in [0.05, 0.1) is 0 Å². The zero-order chi connectivity index (χ0) is 12.5. The van der Waals surface area contributed by atoms with Crippen LogP contribution in [0, 0.1) is 11.3 Å². The molecule has 0 radical (unpaired) electrons. The number of nitrogens with zero attached hydrogens (tertiary/aromatic N) is 1. The van der Waals surface area contributed by atoms with Crippen LogP contribution < -0.4 is 5.73 Å². The van der Waals surface area contributed by atoms with E-state index in [2.05, 4.69) is 25.7 Å². The zero-order valence-corrected chi connectivity index (χ0v) is 11.9. The lowest BCUT2D eigenvalue weighted by Gasteiger charge is -2.43. The van der Waals surface area contributed by atoms with Crippen molar-refractivity contribution in [2.24, 2.45) is 17.1 Å². The Morgan fingerprint density at radius 1 is 1.00 bits per heavy atom. The first kappa shape index (κ1) is 13.4. The third kappa shape index (κ3) is 3.45. The minimum absolute atomic E-state index is 0.467. The highest BCUT2D eigenvalue weighted by Crippen LogP contribution is 2.36. The molecule has 2 atom stereocenters. The van der Waals surface area contributed by atoms with E-state index in [0.29, 0.717) is 11.5 Å². The Morgan fingerprint density at radius 3 is 2.18 bits per heavy atom. The minimum atomic E-state index is 0.467. The quantitative estimate of drug-likeness (QED) is 0.761. The average Bonchev–Trinajstić information content (AvgIpc) is 2.28. The normalized spacial score (nSPS) is 33.9. The van der Waals surface area contributed by atoms with Crippen LogP contribution in [0.2, 0.25) is 0 Å². The van der Waals surface area contributed by atoms with Crippen molar-refractivity contribution in [2.75, 3.05) is 13.1 Å². The lowest BCUT2D eigenvalue weighted by Crippen LogP contribution is -2.47. The van der Waals surface area contributed by atoms with Gasteiger partial charge < -0.3 is 10.6 Å². The molecule has 1 saturated heterocycles. The number of piperidine rings is 1. The summed E-state index contributed by atoms with van der Waals surface area (Å²) in [6, 6.07) is 1.26. The molecule has 1 aliphatic heterocycles. The van der Waals surface area contributed by atoms with Gasteiger partial charge in [0, 0.05) is 12.1 Å². The van der Waals surface area contributed by atoms with Gasteiger partial charge in [-0.25, -0.2) is 0 Å². The molecule has 0 aromatic carbocycles. The Hall–Kier alpha value is -0.0800. The molecule has 1 aliphatic carbocycles. The molecule has 2 unspecified atom stereocenters. The summed E-state index contributed by atoms with van der Waals surface area (Å²) in [7, 11) is 0. The Morgan fingerprint density at radius 2 is 1.65 bits per heavy atom. The number of rotatable bonds is 1. The first-order chi connectivity index (χ1) is 7.97. The lowest BCUT2D eigenvalue weighted by atomic mass is 9.75. The van der Waals surface area contributed by atoms with Gasteiger partial charge >= 0.3 is 0 Å². The van der Waals surface area contributed by atoms with Crippen molar-refractivity contribution >= 4 is 0 Å². The lowest BCUT2D eigenvalue weighted by molar-refractivity contribution is 0.0653. The van der Waals surface area contributed by atoms with E-state index >= 15 is 0 Å². The first-order valence-electron chi connectivity index (χ1n) is 7.46. The Balaban J connectivity index is 1.82. The molecule has 2 nitrogen and oxygen atoms in total. The summed E-state index contributed by atoms with van der Waals surface area (Å²) < 4.78 is 0. The second-order valence-electron chi connectivity index (χ2n) is 7.26. The summed E-state index contributed by atoms with van der Waals surface area (Å²) in [4.78, 5) is 2.72. The van der Waals surface area contributed by atoms with Crippen LogP contribution in [0.4, 0.5) is 0 Å². The second kappa shape index (κ2) is 5.27. The Labute approximate surface area is 107 Å². The van der Waals surface area contributed by atoms with Crippen molar-refractivity contribution in [3.8, 4) is 0 Å². The van der Waals surface area contributed by atoms with E-state index in [4.69, 9.17) is 5.73 Å². The smallest absolute Gasteiger partial charge is 0.0110 e. The van der Waals surface area contributed by atoms with E-state index in [1.165, 1.54) is 51.6 Å². The molecule has 2 rings (SSSR count). The predicted octanol–water partition coefficient (Wildman–Crippen LogP) is 3.01. The fourth-order valence-corrected chi connectivity index (χ4v) is 3.66. The molecular weight excluding hydrogens is 208 g/mol. The van der Waals surface area contributed by atoms with Gasteiger partial charge in [0.25, 0.3) is 0 Å². The fourth-order valence-electron chi connectivity index (χ4n) is 3.66. The third-order valence-corrected chi connectivity index (χ3v) is 4.96. The van der Waals surface area contributed by atoms with Crippen LogP contribution >= 0.6 is 0 Å². The molecule has 2 aliphatic rings. The second-order valence-corrected chi connectivity index (χ2v) is 7.26. The van der Waals surface area contributed by atoms with Crippen LogP contribution in [0.3, 0.4) is 0 Å². The maximum atomic E-state index is 6.10. The van der Waals surface area contributed by atoms with Crippen molar-refractivity contribution in [1.29, 1.82) is 0 Å². The van der Waals surface area contributed by atoms with Crippen molar-refractivity contribution in [3.63, 3.8) is 0 Å². The molecular formula is C15H30N2. The molecule has 1 heterocycles. The highest BCUT2D eigenvalue weighted by molar-refractivity contribution is 4.87. The maximum absolute atomic E-state index is 6.10. The van der Waals surface area contributed by atoms with E-state index in [1.54, 1.807) is 0 Å². The largest absolute Gasteiger partial charge is 0.328 e. The van der Waals surface area contributed by atoms with Crippen LogP contribution in [0.25, 0.3) is 0 Å². The molecule has 0 aromatic rings. The highest BCUT2D eigenvalue weighted by Gasteiger charge is 2.32. The molecule has 0 spiro atoms. The SMILES string of the molecule is CC(C)(C)C1CCN(C2CCCC(N)C2)CC1. The van der Waals surface area contributed by atoms with Gasteiger partial charge in [0.1, 0.15) is 0 Å². The minimum Gasteiger partial charge on any atom is -0.328 e. The molecule has 0 aromatic heterocycles. The number of likely N-dealkylation sites (tertiary alicyclic amines) is 1. The van der Waals surface area contributed by atoms with Crippen molar-refractivity contribution < 1.29 is 0 Å². The summed E-state index contributed by atoms with van der Waals surface area (Å²) in [5.41, 5.74) is 6.60. The predicted molar refractivity (Wildman–Crippen MR) is 74.0 cm³/mol. The van der Waals surface area contributed by atoms with Gasteiger partial charge in [0.15, 0.2) is 0 Å². The molecule has 2 N–H and O–H groups in total. The van der Waals surface area contributed by atoms with Crippen LogP contribution in [-0.4, -0.2) is 30.1 Å². The molecule has 0 amide bonds. The molecule has 2 fully saturated rings. The topological polar surface area (TPSA) is 29.3 Å². The zero-order valence-electron chi connectivity index (χ0n) is 11.9. The van der Waals surface area contributed by atoms with E-state index in [9.17, 15) is 0 Å². The number of hydrogen-bond donors (Lipinski definition) is 1. The van der Waals surface area contributed by atoms with Gasteiger partial charge in [-0.05, 0) is 56.5 Å². The van der Waals surface area contributed by atoms with E-state index in [-0.39, 0.29) is 0 Å². The standard InChI is InChI=1S/C15H30N2/c1-15(2,3)12-7-9-17(10-8-12)14-6-4-5-13(16)11-14/h12-14H,4-11,16H2,1-3H3. The van der Waals surface area contributed by atoms with E-state index in [1.807, 2.05) is 0 Å². The maximum Gasteiger partial charge on any atom is 0.0110 e. The van der Waals surface area contributed by atoms with Crippen molar-refractivity contribution in [1.82, 2.24) is 4.90 Å². The third-order valence-electron chi connectivity index (χ3n) is 4.96.